The Balaban J connectivity index is 1.96. The van der Waals surface area contributed by atoms with Gasteiger partial charge in [0.2, 0.25) is 11.7 Å². The van der Waals surface area contributed by atoms with E-state index in [0.717, 1.165) is 0 Å². The van der Waals surface area contributed by atoms with E-state index < -0.39 is 35.1 Å². The van der Waals surface area contributed by atoms with Crippen molar-refractivity contribution in [3.05, 3.63) is 0 Å². The highest BCUT2D eigenvalue weighted by Crippen LogP contribution is 2.49. The van der Waals surface area contributed by atoms with Crippen LogP contribution in [0.2, 0.25) is 0 Å². The van der Waals surface area contributed by atoms with Crippen LogP contribution in [-0.2, 0) is 9.59 Å². The van der Waals surface area contributed by atoms with Crippen LogP contribution >= 0.6 is 0 Å². The maximum atomic E-state index is 12.5. The number of carbonyl (C=O) groups excluding carboxylic acids is 1. The molecule has 0 aromatic rings. The van der Waals surface area contributed by atoms with E-state index >= 15 is 0 Å². The fourth-order valence-electron chi connectivity index (χ4n) is 2.33. The number of nitrogens with one attached hydrogen (secondary N) is 2. The number of amidine groups is 2. The minimum atomic E-state index is -4.85. The second kappa shape index (κ2) is 5.25. The van der Waals surface area contributed by atoms with E-state index in [1.165, 1.54) is 4.90 Å². The maximum Gasteiger partial charge on any atom is 0.449 e. The number of carbonyl (C=O) groups is 2. The fraction of sp³-hybridized carbons (Fsp3) is 0.667. The molecule has 1 saturated heterocycles. The van der Waals surface area contributed by atoms with Crippen molar-refractivity contribution in [2.24, 2.45) is 5.41 Å². The molecule has 2 fully saturated rings. The molecule has 1 amide bonds. The molecule has 2 rings (SSSR count). The van der Waals surface area contributed by atoms with Gasteiger partial charge in [-0.15, -0.1) is 0 Å². The number of halogens is 3. The molecule has 7 nitrogen and oxygen atoms in total. The third-order valence-corrected chi connectivity index (χ3v) is 3.95. The van der Waals surface area contributed by atoms with Gasteiger partial charge in [-0.2, -0.15) is 13.2 Å². The molecule has 1 aliphatic heterocycles. The topological polar surface area (TPSA) is 109 Å². The monoisotopic (exact) mass is 320 g/mol. The van der Waals surface area contributed by atoms with Crippen molar-refractivity contribution in [3.8, 4) is 0 Å². The zero-order chi connectivity index (χ0) is 16.7. The van der Waals surface area contributed by atoms with Gasteiger partial charge in [0.05, 0.1) is 12.0 Å². The molecule has 0 aromatic heterocycles. The zero-order valence-electron chi connectivity index (χ0n) is 11.5. The van der Waals surface area contributed by atoms with E-state index in [0.29, 0.717) is 17.7 Å². The normalized spacial score (nSPS) is 20.8. The van der Waals surface area contributed by atoms with Gasteiger partial charge >= 0.3 is 12.1 Å². The van der Waals surface area contributed by atoms with Crippen molar-refractivity contribution in [2.75, 3.05) is 19.6 Å². The van der Waals surface area contributed by atoms with Crippen LogP contribution in [0, 0.1) is 16.2 Å². The van der Waals surface area contributed by atoms with Gasteiger partial charge in [0, 0.05) is 19.5 Å². The molecule has 0 bridgehead atoms. The summed E-state index contributed by atoms with van der Waals surface area (Å²) in [6.07, 6.45) is -4.24. The number of aliphatic carboxylic acids is 1. The van der Waals surface area contributed by atoms with Gasteiger partial charge in [-0.25, -0.2) is 0 Å². The molecule has 1 aliphatic carbocycles. The maximum absolute atomic E-state index is 12.5. The van der Waals surface area contributed by atoms with Crippen molar-refractivity contribution < 1.29 is 27.9 Å². The van der Waals surface area contributed by atoms with Crippen molar-refractivity contribution in [3.63, 3.8) is 0 Å². The molecule has 3 N–H and O–H groups in total. The first kappa shape index (κ1) is 16.2. The minimum Gasteiger partial charge on any atom is -0.481 e. The summed E-state index contributed by atoms with van der Waals surface area (Å²) in [5.74, 6) is -3.66. The number of carboxylic acid groups (broad SMARTS) is 1. The molecule has 22 heavy (non-hydrogen) atoms. The van der Waals surface area contributed by atoms with Crippen molar-refractivity contribution >= 4 is 23.5 Å². The molecule has 122 valence electrons. The predicted molar refractivity (Wildman–Crippen MR) is 68.7 cm³/mol. The molecular formula is C12H15F3N4O3. The average Bonchev–Trinajstić information content (AvgIpc) is 3.17. The summed E-state index contributed by atoms with van der Waals surface area (Å²) < 4.78 is 37.4. The largest absolute Gasteiger partial charge is 0.481 e. The Kier molecular flexibility index (Phi) is 3.88. The number of hydrogen-bond acceptors (Lipinski definition) is 4. The average molecular weight is 320 g/mol. The van der Waals surface area contributed by atoms with Gasteiger partial charge in [-0.1, -0.05) is 0 Å². The van der Waals surface area contributed by atoms with Crippen LogP contribution in [0.3, 0.4) is 0 Å². The van der Waals surface area contributed by atoms with Gasteiger partial charge in [-0.3, -0.25) is 20.4 Å². The Labute approximate surface area is 123 Å². The number of alkyl halides is 3. The van der Waals surface area contributed by atoms with E-state index in [9.17, 15) is 22.8 Å². The molecule has 10 heteroatoms. The molecule has 1 heterocycles. The summed E-state index contributed by atoms with van der Waals surface area (Å²) in [6.45, 7) is -0.731. The number of nitrogens with zero attached hydrogens (tertiary/aromatic N) is 2. The standard InChI is InChI=1S/C12H15F3N4O3/c13-12(14,15)9(17)19-4-3-18(6-7(19)16)8(20)5-11(1-2-11)10(21)22/h16-17H,1-6H2,(H,21,22). The second-order valence-corrected chi connectivity index (χ2v) is 5.52. The molecule has 2 aliphatic rings. The zero-order valence-corrected chi connectivity index (χ0v) is 11.5. The predicted octanol–water partition coefficient (Wildman–Crippen LogP) is 0.902. The summed E-state index contributed by atoms with van der Waals surface area (Å²) in [7, 11) is 0. The van der Waals surface area contributed by atoms with Crippen LogP contribution in [-0.4, -0.2) is 64.3 Å². The van der Waals surface area contributed by atoms with Crippen LogP contribution in [0.4, 0.5) is 13.2 Å². The Morgan fingerprint density at radius 2 is 1.86 bits per heavy atom. The van der Waals surface area contributed by atoms with E-state index in [2.05, 4.69) is 0 Å². The molecule has 0 atom stereocenters. The molecule has 1 saturated carbocycles. The first-order valence-corrected chi connectivity index (χ1v) is 6.59. The Bertz CT molecular complexity index is 542. The van der Waals surface area contributed by atoms with E-state index in [1.54, 1.807) is 0 Å². The number of amides is 1. The Morgan fingerprint density at radius 1 is 1.27 bits per heavy atom. The molecule has 0 radical (unpaired) electrons. The summed E-state index contributed by atoms with van der Waals surface area (Å²) in [5.41, 5.74) is -1.05. The second-order valence-electron chi connectivity index (χ2n) is 5.52. The number of piperazine rings is 1. The summed E-state index contributed by atoms with van der Waals surface area (Å²) >= 11 is 0. The fourth-order valence-corrected chi connectivity index (χ4v) is 2.33. The van der Waals surface area contributed by atoms with Gasteiger partial charge in [-0.05, 0) is 12.8 Å². The number of rotatable bonds is 3. The lowest BCUT2D eigenvalue weighted by molar-refractivity contribution is -0.147. The third-order valence-electron chi connectivity index (χ3n) is 3.95. The lowest BCUT2D eigenvalue weighted by atomic mass is 10.0. The van der Waals surface area contributed by atoms with Gasteiger partial charge in [0.15, 0.2) is 0 Å². The Morgan fingerprint density at radius 3 is 2.27 bits per heavy atom. The molecule has 0 spiro atoms. The SMILES string of the molecule is N=C1CN(C(=O)CC2(C(=O)O)CC2)CCN1C(=N)C(F)(F)F. The van der Waals surface area contributed by atoms with Crippen LogP contribution in [0.15, 0.2) is 0 Å². The first-order chi connectivity index (χ1) is 10.1. The van der Waals surface area contributed by atoms with E-state index in [-0.39, 0.29) is 26.1 Å². The van der Waals surface area contributed by atoms with Crippen molar-refractivity contribution in [1.29, 1.82) is 10.8 Å². The number of carboxylic acids is 1. The van der Waals surface area contributed by atoms with Crippen molar-refractivity contribution in [2.45, 2.75) is 25.4 Å². The van der Waals surface area contributed by atoms with Gasteiger partial charge in [0.1, 0.15) is 5.84 Å². The summed E-state index contributed by atoms with van der Waals surface area (Å²) in [4.78, 5) is 24.8. The van der Waals surface area contributed by atoms with Gasteiger partial charge < -0.3 is 14.9 Å². The highest BCUT2D eigenvalue weighted by Gasteiger charge is 2.52. The van der Waals surface area contributed by atoms with Crippen molar-refractivity contribution in [1.82, 2.24) is 9.80 Å². The van der Waals surface area contributed by atoms with Crippen LogP contribution < -0.4 is 0 Å². The summed E-state index contributed by atoms with van der Waals surface area (Å²) in [5, 5.41) is 23.6. The van der Waals surface area contributed by atoms with Crippen LogP contribution in [0.5, 0.6) is 0 Å². The number of hydrogen-bond donors (Lipinski definition) is 3. The van der Waals surface area contributed by atoms with E-state index in [4.69, 9.17) is 15.9 Å². The smallest absolute Gasteiger partial charge is 0.449 e. The molecule has 0 unspecified atom stereocenters. The lowest BCUT2D eigenvalue weighted by Gasteiger charge is -2.37. The quantitative estimate of drug-likeness (QED) is 0.530. The summed E-state index contributed by atoms with van der Waals surface area (Å²) in [6, 6.07) is 0. The lowest BCUT2D eigenvalue weighted by Crippen LogP contribution is -2.56. The highest BCUT2D eigenvalue weighted by molar-refractivity contribution is 6.03. The minimum absolute atomic E-state index is 0.0740. The van der Waals surface area contributed by atoms with Gasteiger partial charge in [0.25, 0.3) is 0 Å². The highest BCUT2D eigenvalue weighted by atomic mass is 19.4. The molecule has 0 aromatic carbocycles. The molecular weight excluding hydrogens is 305 g/mol. The van der Waals surface area contributed by atoms with Crippen LogP contribution in [0.25, 0.3) is 0 Å². The van der Waals surface area contributed by atoms with E-state index in [1.807, 2.05) is 0 Å². The van der Waals surface area contributed by atoms with Crippen LogP contribution in [0.1, 0.15) is 19.3 Å². The Hall–Kier alpha value is -2.13. The third kappa shape index (κ3) is 3.04. The first-order valence-electron chi connectivity index (χ1n) is 6.59.